The Kier molecular flexibility index (Phi) is 4.84. The zero-order valence-corrected chi connectivity index (χ0v) is 14.0. The van der Waals surface area contributed by atoms with Gasteiger partial charge in [-0.15, -0.1) is 0 Å². The van der Waals surface area contributed by atoms with Crippen molar-refractivity contribution in [1.29, 1.82) is 0 Å². The number of aliphatic carboxylic acids is 1. The summed E-state index contributed by atoms with van der Waals surface area (Å²) < 4.78 is 0. The number of amides is 1. The third kappa shape index (κ3) is 4.07. The molecule has 1 atom stereocenters. The number of carbonyl (C=O) groups excluding carboxylic acids is 1. The topological polar surface area (TPSA) is 82.2 Å². The van der Waals surface area contributed by atoms with E-state index in [4.69, 9.17) is 5.11 Å². The molecule has 1 heterocycles. The van der Waals surface area contributed by atoms with Gasteiger partial charge in [-0.1, -0.05) is 48.0 Å². The Balaban J connectivity index is 1.75. The van der Waals surface area contributed by atoms with Crippen LogP contribution < -0.4 is 5.32 Å². The number of rotatable bonds is 6. The van der Waals surface area contributed by atoms with Gasteiger partial charge in [-0.2, -0.15) is 0 Å². The van der Waals surface area contributed by atoms with Gasteiger partial charge in [-0.3, -0.25) is 9.59 Å². The summed E-state index contributed by atoms with van der Waals surface area (Å²) in [5, 5.41) is 13.0. The van der Waals surface area contributed by atoms with E-state index >= 15 is 0 Å². The summed E-state index contributed by atoms with van der Waals surface area (Å²) in [5.74, 6) is -1.14. The molecular weight excluding hydrogens is 316 g/mol. The van der Waals surface area contributed by atoms with E-state index in [1.54, 1.807) is 0 Å². The summed E-state index contributed by atoms with van der Waals surface area (Å²) in [4.78, 5) is 26.8. The van der Waals surface area contributed by atoms with Gasteiger partial charge < -0.3 is 15.4 Å². The molecule has 0 spiro atoms. The van der Waals surface area contributed by atoms with Crippen molar-refractivity contribution in [2.45, 2.75) is 25.8 Å². The number of aryl methyl sites for hydroxylation is 1. The standard InChI is InChI=1S/C20H20N2O3/c1-13-6-8-14(9-7-13)18(11-20(24)25)22-19(23)10-15-12-21-17-5-3-2-4-16(15)17/h2-9,12,18,21H,10-11H2,1H3,(H,22,23)(H,24,25)/t18-/m0/s1. The van der Waals surface area contributed by atoms with Crippen LogP contribution in [0.5, 0.6) is 0 Å². The Bertz CT molecular complexity index is 897. The Morgan fingerprint density at radius 1 is 1.12 bits per heavy atom. The molecule has 0 saturated carbocycles. The summed E-state index contributed by atoms with van der Waals surface area (Å²) in [5.41, 5.74) is 3.75. The van der Waals surface area contributed by atoms with Crippen LogP contribution in [0, 0.1) is 6.92 Å². The van der Waals surface area contributed by atoms with Crippen molar-refractivity contribution >= 4 is 22.8 Å². The van der Waals surface area contributed by atoms with E-state index in [2.05, 4.69) is 10.3 Å². The van der Waals surface area contributed by atoms with Crippen LogP contribution in [0.25, 0.3) is 10.9 Å². The van der Waals surface area contributed by atoms with Crippen LogP contribution in [-0.4, -0.2) is 22.0 Å². The van der Waals surface area contributed by atoms with Crippen LogP contribution >= 0.6 is 0 Å². The number of hydrogen-bond acceptors (Lipinski definition) is 2. The fourth-order valence-electron chi connectivity index (χ4n) is 2.92. The van der Waals surface area contributed by atoms with Crippen molar-refractivity contribution in [2.24, 2.45) is 0 Å². The van der Waals surface area contributed by atoms with Gasteiger partial charge in [0.05, 0.1) is 18.9 Å². The normalized spacial score (nSPS) is 12.0. The highest BCUT2D eigenvalue weighted by atomic mass is 16.4. The Hall–Kier alpha value is -3.08. The molecule has 0 radical (unpaired) electrons. The largest absolute Gasteiger partial charge is 0.481 e. The minimum Gasteiger partial charge on any atom is -0.481 e. The van der Waals surface area contributed by atoms with Crippen molar-refractivity contribution < 1.29 is 14.7 Å². The highest BCUT2D eigenvalue weighted by Crippen LogP contribution is 2.20. The predicted octanol–water partition coefficient (Wildman–Crippen LogP) is 3.35. The number of carboxylic acids is 1. The van der Waals surface area contributed by atoms with Gasteiger partial charge in [-0.05, 0) is 24.1 Å². The lowest BCUT2D eigenvalue weighted by Crippen LogP contribution is -2.31. The number of hydrogen-bond donors (Lipinski definition) is 3. The molecule has 0 bridgehead atoms. The van der Waals surface area contributed by atoms with Crippen molar-refractivity contribution in [3.05, 3.63) is 71.4 Å². The molecule has 3 aromatic rings. The highest BCUT2D eigenvalue weighted by Gasteiger charge is 2.19. The third-order valence-electron chi connectivity index (χ3n) is 4.22. The Morgan fingerprint density at radius 3 is 2.56 bits per heavy atom. The molecule has 5 nitrogen and oxygen atoms in total. The maximum atomic E-state index is 12.5. The first kappa shape index (κ1) is 16.8. The summed E-state index contributed by atoms with van der Waals surface area (Å²) >= 11 is 0. The number of nitrogens with one attached hydrogen (secondary N) is 2. The molecule has 25 heavy (non-hydrogen) atoms. The van der Waals surface area contributed by atoms with Gasteiger partial charge in [0.25, 0.3) is 0 Å². The molecule has 3 N–H and O–H groups in total. The monoisotopic (exact) mass is 336 g/mol. The molecule has 0 fully saturated rings. The lowest BCUT2D eigenvalue weighted by Gasteiger charge is -2.17. The molecule has 0 aliphatic rings. The zero-order chi connectivity index (χ0) is 17.8. The Labute approximate surface area is 145 Å². The smallest absolute Gasteiger partial charge is 0.305 e. The minimum absolute atomic E-state index is 0.150. The molecule has 0 aliphatic heterocycles. The number of aromatic nitrogens is 1. The van der Waals surface area contributed by atoms with Crippen LogP contribution in [0.3, 0.4) is 0 Å². The van der Waals surface area contributed by atoms with Crippen molar-refractivity contribution in [2.75, 3.05) is 0 Å². The maximum Gasteiger partial charge on any atom is 0.305 e. The first-order chi connectivity index (χ1) is 12.0. The molecule has 0 unspecified atom stereocenters. The molecule has 0 saturated heterocycles. The highest BCUT2D eigenvalue weighted by molar-refractivity contribution is 5.89. The maximum absolute atomic E-state index is 12.5. The second kappa shape index (κ2) is 7.21. The van der Waals surface area contributed by atoms with Gasteiger partial charge in [0, 0.05) is 17.1 Å². The van der Waals surface area contributed by atoms with E-state index in [1.807, 2.05) is 61.7 Å². The quantitative estimate of drug-likeness (QED) is 0.645. The van der Waals surface area contributed by atoms with E-state index in [1.165, 1.54) is 0 Å². The lowest BCUT2D eigenvalue weighted by atomic mass is 10.0. The summed E-state index contributed by atoms with van der Waals surface area (Å²) in [6.45, 7) is 1.96. The van der Waals surface area contributed by atoms with Crippen LogP contribution in [0.2, 0.25) is 0 Å². The van der Waals surface area contributed by atoms with Crippen molar-refractivity contribution in [3.8, 4) is 0 Å². The molecule has 1 aromatic heterocycles. The lowest BCUT2D eigenvalue weighted by molar-refractivity contribution is -0.137. The fraction of sp³-hybridized carbons (Fsp3) is 0.200. The van der Waals surface area contributed by atoms with Crippen LogP contribution in [-0.2, 0) is 16.0 Å². The predicted molar refractivity (Wildman–Crippen MR) is 96.3 cm³/mol. The van der Waals surface area contributed by atoms with Crippen molar-refractivity contribution in [3.63, 3.8) is 0 Å². The molecule has 0 aliphatic carbocycles. The number of carbonyl (C=O) groups is 2. The molecular formula is C20H20N2O3. The first-order valence-corrected chi connectivity index (χ1v) is 8.15. The number of carboxylic acid groups (broad SMARTS) is 1. The van der Waals surface area contributed by atoms with E-state index in [0.717, 1.165) is 27.6 Å². The van der Waals surface area contributed by atoms with Crippen molar-refractivity contribution in [1.82, 2.24) is 10.3 Å². The Morgan fingerprint density at radius 2 is 1.84 bits per heavy atom. The van der Waals surface area contributed by atoms with Gasteiger partial charge in [0.15, 0.2) is 0 Å². The van der Waals surface area contributed by atoms with Gasteiger partial charge in [0.1, 0.15) is 0 Å². The number of fused-ring (bicyclic) bond motifs is 1. The number of benzene rings is 2. The van der Waals surface area contributed by atoms with Gasteiger partial charge in [0.2, 0.25) is 5.91 Å². The molecule has 5 heteroatoms. The first-order valence-electron chi connectivity index (χ1n) is 8.15. The van der Waals surface area contributed by atoms with E-state index in [-0.39, 0.29) is 18.7 Å². The molecule has 1 amide bonds. The summed E-state index contributed by atoms with van der Waals surface area (Å²) in [6.07, 6.45) is 1.87. The van der Waals surface area contributed by atoms with Crippen LogP contribution in [0.1, 0.15) is 29.2 Å². The number of aromatic amines is 1. The number of H-pyrrole nitrogens is 1. The van der Waals surface area contributed by atoms with E-state index < -0.39 is 12.0 Å². The van der Waals surface area contributed by atoms with E-state index in [9.17, 15) is 9.59 Å². The van der Waals surface area contributed by atoms with Crippen LogP contribution in [0.4, 0.5) is 0 Å². The fourth-order valence-corrected chi connectivity index (χ4v) is 2.92. The number of para-hydroxylation sites is 1. The average Bonchev–Trinajstić information content (AvgIpc) is 2.98. The molecule has 128 valence electrons. The van der Waals surface area contributed by atoms with Gasteiger partial charge in [-0.25, -0.2) is 0 Å². The summed E-state index contributed by atoms with van der Waals surface area (Å²) in [6, 6.07) is 14.8. The van der Waals surface area contributed by atoms with Gasteiger partial charge >= 0.3 is 5.97 Å². The molecule has 3 rings (SSSR count). The third-order valence-corrected chi connectivity index (χ3v) is 4.22. The second-order valence-corrected chi connectivity index (χ2v) is 6.16. The average molecular weight is 336 g/mol. The second-order valence-electron chi connectivity index (χ2n) is 6.16. The molecule has 2 aromatic carbocycles. The minimum atomic E-state index is -0.946. The zero-order valence-electron chi connectivity index (χ0n) is 14.0. The van der Waals surface area contributed by atoms with E-state index in [0.29, 0.717) is 0 Å². The summed E-state index contributed by atoms with van der Waals surface area (Å²) in [7, 11) is 0. The van der Waals surface area contributed by atoms with Crippen LogP contribution in [0.15, 0.2) is 54.7 Å². The SMILES string of the molecule is Cc1ccc([C@H](CC(=O)O)NC(=O)Cc2c[nH]c3ccccc23)cc1.